The fraction of sp³-hybridized carbons (Fsp3) is 0.923. The van der Waals surface area contributed by atoms with E-state index in [-0.39, 0.29) is 16.9 Å². The topological polar surface area (TPSA) is 29.1 Å². The molecule has 1 N–H and O–H groups in total. The molecular weight excluding hydrogens is 257 g/mol. The summed E-state index contributed by atoms with van der Waals surface area (Å²) in [5, 5.41) is 3.06. The molecule has 1 fully saturated rings. The van der Waals surface area contributed by atoms with Gasteiger partial charge in [0.05, 0.1) is 5.41 Å². The number of nitrogens with one attached hydrogen (secondary N) is 1. The maximum absolute atomic E-state index is 12.2. The number of amides is 1. The molecule has 0 aliphatic heterocycles. The first kappa shape index (κ1) is 15.1. The number of rotatable bonds is 3. The van der Waals surface area contributed by atoms with Crippen LogP contribution in [-0.4, -0.2) is 15.8 Å². The van der Waals surface area contributed by atoms with Gasteiger partial charge in [-0.25, -0.2) is 0 Å². The second-order valence-corrected chi connectivity index (χ2v) is 8.77. The quantitative estimate of drug-likeness (QED) is 0.780. The Morgan fingerprint density at radius 1 is 1.24 bits per heavy atom. The predicted octanol–water partition coefficient (Wildman–Crippen LogP) is 3.90. The van der Waals surface area contributed by atoms with E-state index in [4.69, 9.17) is 23.2 Å². The van der Waals surface area contributed by atoms with Crippen LogP contribution in [0.3, 0.4) is 0 Å². The zero-order valence-corrected chi connectivity index (χ0v) is 13.1. The van der Waals surface area contributed by atoms with Crippen LogP contribution in [-0.2, 0) is 4.79 Å². The molecule has 0 spiro atoms. The molecule has 0 bridgehead atoms. The van der Waals surface area contributed by atoms with Crippen molar-refractivity contribution in [2.75, 3.05) is 0 Å². The average Bonchev–Trinajstić information content (AvgIpc) is 2.45. The molecule has 1 amide bonds. The second kappa shape index (κ2) is 4.03. The summed E-state index contributed by atoms with van der Waals surface area (Å²) in [6.07, 6.45) is 1.43. The van der Waals surface area contributed by atoms with Gasteiger partial charge in [0.15, 0.2) is 0 Å². The van der Waals surface area contributed by atoms with Crippen molar-refractivity contribution in [1.29, 1.82) is 0 Å². The Morgan fingerprint density at radius 2 is 1.65 bits per heavy atom. The molecule has 1 atom stereocenters. The van der Waals surface area contributed by atoms with Crippen molar-refractivity contribution >= 4 is 29.1 Å². The highest BCUT2D eigenvalue weighted by molar-refractivity contribution is 6.53. The van der Waals surface area contributed by atoms with Crippen molar-refractivity contribution in [3.05, 3.63) is 0 Å². The predicted molar refractivity (Wildman–Crippen MR) is 73.5 cm³/mol. The molecule has 1 saturated carbocycles. The largest absolute Gasteiger partial charge is 0.351 e. The maximum atomic E-state index is 12.2. The minimum atomic E-state index is -0.894. The van der Waals surface area contributed by atoms with E-state index in [2.05, 4.69) is 26.1 Å². The Morgan fingerprint density at radius 3 is 1.94 bits per heavy atom. The molecule has 0 heterocycles. The third kappa shape index (κ3) is 3.51. The number of carbonyl (C=O) groups is 1. The lowest BCUT2D eigenvalue weighted by Crippen LogP contribution is -2.49. The number of hydrogen-bond donors (Lipinski definition) is 1. The third-order valence-corrected chi connectivity index (χ3v) is 4.28. The lowest BCUT2D eigenvalue weighted by Gasteiger charge is -2.34. The molecule has 0 aromatic heterocycles. The summed E-state index contributed by atoms with van der Waals surface area (Å²) in [4.78, 5) is 12.2. The molecule has 100 valence electrons. The van der Waals surface area contributed by atoms with Crippen molar-refractivity contribution < 1.29 is 4.79 Å². The highest BCUT2D eigenvalue weighted by Gasteiger charge is 2.68. The SMILES string of the molecule is CC(C)(C)CC(C)(C)NC(=O)C1(C)CC1(Cl)Cl. The minimum Gasteiger partial charge on any atom is -0.351 e. The van der Waals surface area contributed by atoms with Gasteiger partial charge in [-0.2, -0.15) is 0 Å². The van der Waals surface area contributed by atoms with Crippen LogP contribution in [0.4, 0.5) is 0 Å². The smallest absolute Gasteiger partial charge is 0.229 e. The summed E-state index contributed by atoms with van der Waals surface area (Å²) in [5.74, 6) is -0.0447. The van der Waals surface area contributed by atoms with Crippen molar-refractivity contribution in [3.63, 3.8) is 0 Å². The van der Waals surface area contributed by atoms with Crippen molar-refractivity contribution in [3.8, 4) is 0 Å². The van der Waals surface area contributed by atoms with Crippen LogP contribution in [0.2, 0.25) is 0 Å². The van der Waals surface area contributed by atoms with Crippen LogP contribution < -0.4 is 5.32 Å². The summed E-state index contributed by atoms with van der Waals surface area (Å²) in [6, 6.07) is 0. The molecule has 1 aliphatic carbocycles. The number of halogens is 2. The highest BCUT2D eigenvalue weighted by Crippen LogP contribution is 2.63. The second-order valence-electron chi connectivity index (χ2n) is 7.29. The van der Waals surface area contributed by atoms with Gasteiger partial charge in [-0.1, -0.05) is 20.8 Å². The molecule has 1 rings (SSSR count). The van der Waals surface area contributed by atoms with E-state index in [1.54, 1.807) is 0 Å². The van der Waals surface area contributed by atoms with Gasteiger partial charge in [0.25, 0.3) is 0 Å². The van der Waals surface area contributed by atoms with Gasteiger partial charge >= 0.3 is 0 Å². The number of carbonyl (C=O) groups excluding carboxylic acids is 1. The molecule has 2 nitrogen and oxygen atoms in total. The molecule has 0 aromatic rings. The van der Waals surface area contributed by atoms with E-state index in [0.717, 1.165) is 6.42 Å². The summed E-state index contributed by atoms with van der Waals surface area (Å²) in [6.45, 7) is 12.4. The summed E-state index contributed by atoms with van der Waals surface area (Å²) in [7, 11) is 0. The molecule has 1 unspecified atom stereocenters. The third-order valence-electron chi connectivity index (χ3n) is 3.18. The fourth-order valence-electron chi connectivity index (χ4n) is 2.46. The van der Waals surface area contributed by atoms with Gasteiger partial charge < -0.3 is 5.32 Å². The van der Waals surface area contributed by atoms with Crippen LogP contribution in [0.5, 0.6) is 0 Å². The summed E-state index contributed by atoms with van der Waals surface area (Å²) >= 11 is 12.0. The molecule has 0 saturated heterocycles. The first-order valence-electron chi connectivity index (χ1n) is 6.00. The van der Waals surface area contributed by atoms with Crippen LogP contribution in [0, 0.1) is 10.8 Å². The Labute approximate surface area is 114 Å². The Kier molecular flexibility index (Phi) is 3.58. The van der Waals surface area contributed by atoms with Crippen molar-refractivity contribution in [2.24, 2.45) is 10.8 Å². The molecule has 1 aliphatic rings. The van der Waals surface area contributed by atoms with Gasteiger partial charge in [-0.3, -0.25) is 4.79 Å². The van der Waals surface area contributed by atoms with Gasteiger partial charge in [0.2, 0.25) is 5.91 Å². The van der Waals surface area contributed by atoms with Gasteiger partial charge in [0.1, 0.15) is 4.33 Å². The van der Waals surface area contributed by atoms with Gasteiger partial charge in [-0.15, -0.1) is 23.2 Å². The monoisotopic (exact) mass is 279 g/mol. The minimum absolute atomic E-state index is 0.0447. The Hall–Kier alpha value is 0.0500. The lowest BCUT2D eigenvalue weighted by molar-refractivity contribution is -0.127. The zero-order chi connectivity index (χ0) is 13.7. The first-order chi connectivity index (χ1) is 7.29. The van der Waals surface area contributed by atoms with E-state index in [1.807, 2.05) is 20.8 Å². The van der Waals surface area contributed by atoms with Crippen LogP contribution in [0.15, 0.2) is 0 Å². The zero-order valence-electron chi connectivity index (χ0n) is 11.6. The van der Waals surface area contributed by atoms with Crippen LogP contribution in [0.1, 0.15) is 54.4 Å². The molecule has 0 radical (unpaired) electrons. The maximum Gasteiger partial charge on any atom is 0.229 e. The Balaban J connectivity index is 2.64. The van der Waals surface area contributed by atoms with Crippen LogP contribution in [0.25, 0.3) is 0 Å². The summed E-state index contributed by atoms with van der Waals surface area (Å²) < 4.78 is -0.894. The lowest BCUT2D eigenvalue weighted by atomic mass is 9.81. The standard InChI is InChI=1S/C13H23Cl2NO/c1-10(2,3)7-11(4,5)16-9(17)12(6)8-13(12,14)15/h7-8H2,1-6H3,(H,16,17). The van der Waals surface area contributed by atoms with Gasteiger partial charge in [-0.05, 0) is 39.0 Å². The molecule has 0 aromatic carbocycles. The summed E-state index contributed by atoms with van der Waals surface area (Å²) in [5.41, 5.74) is -0.712. The van der Waals surface area contributed by atoms with Gasteiger partial charge in [0, 0.05) is 5.54 Å². The van der Waals surface area contributed by atoms with E-state index >= 15 is 0 Å². The van der Waals surface area contributed by atoms with E-state index in [9.17, 15) is 4.79 Å². The number of alkyl halides is 2. The van der Waals surface area contributed by atoms with Crippen LogP contribution >= 0.6 is 23.2 Å². The van der Waals surface area contributed by atoms with Crippen molar-refractivity contribution in [1.82, 2.24) is 5.32 Å². The fourth-order valence-corrected chi connectivity index (χ4v) is 3.17. The number of hydrogen-bond acceptors (Lipinski definition) is 1. The average molecular weight is 280 g/mol. The van der Waals surface area contributed by atoms with E-state index in [1.165, 1.54) is 0 Å². The molecule has 4 heteroatoms. The normalized spacial score (nSPS) is 27.8. The molecular formula is C13H23Cl2NO. The van der Waals surface area contributed by atoms with E-state index in [0.29, 0.717) is 6.42 Å². The highest BCUT2D eigenvalue weighted by atomic mass is 35.5. The van der Waals surface area contributed by atoms with Crippen molar-refractivity contribution in [2.45, 2.75) is 64.3 Å². The first-order valence-corrected chi connectivity index (χ1v) is 6.75. The molecule has 17 heavy (non-hydrogen) atoms. The van der Waals surface area contributed by atoms with E-state index < -0.39 is 9.75 Å². The Bertz CT molecular complexity index is 331.